The summed E-state index contributed by atoms with van der Waals surface area (Å²) in [6.45, 7) is 7.28. The van der Waals surface area contributed by atoms with Gasteiger partial charge in [-0.25, -0.2) is 4.98 Å². The highest BCUT2D eigenvalue weighted by Crippen LogP contribution is 2.35. The van der Waals surface area contributed by atoms with Crippen molar-refractivity contribution in [1.29, 1.82) is 0 Å². The number of hydrogen-bond acceptors (Lipinski definition) is 4. The summed E-state index contributed by atoms with van der Waals surface area (Å²) in [5, 5.41) is 4.95. The van der Waals surface area contributed by atoms with Crippen molar-refractivity contribution in [1.82, 2.24) is 24.2 Å². The van der Waals surface area contributed by atoms with Crippen molar-refractivity contribution >= 4 is 5.91 Å². The van der Waals surface area contributed by atoms with Crippen molar-refractivity contribution in [2.75, 3.05) is 13.7 Å². The molecule has 1 aromatic carbocycles. The standard InChI is InChI=1S/C24H29N5O2/c1-4-29-21-10-11-27(24(30)18-6-5-7-19(12-18)31-3)15-20(21)22(26-29)23-25-13-16(2)28(23)14-17-8-9-17/h5-7,12-13,17H,4,8-11,14-15H2,1-3H3. The van der Waals surface area contributed by atoms with E-state index in [2.05, 4.69) is 23.1 Å². The van der Waals surface area contributed by atoms with E-state index in [1.807, 2.05) is 29.3 Å². The van der Waals surface area contributed by atoms with Crippen LogP contribution in [0.2, 0.25) is 0 Å². The minimum Gasteiger partial charge on any atom is -0.497 e. The van der Waals surface area contributed by atoms with Crippen LogP contribution in [0.5, 0.6) is 5.75 Å². The fourth-order valence-corrected chi connectivity index (χ4v) is 4.48. The second-order valence-corrected chi connectivity index (χ2v) is 8.58. The van der Waals surface area contributed by atoms with Crippen LogP contribution in [0.1, 0.15) is 47.1 Å². The van der Waals surface area contributed by atoms with Crippen LogP contribution in [0.3, 0.4) is 0 Å². The van der Waals surface area contributed by atoms with Crippen LogP contribution in [0.15, 0.2) is 30.5 Å². The van der Waals surface area contributed by atoms with Gasteiger partial charge in [0.05, 0.1) is 13.7 Å². The summed E-state index contributed by atoms with van der Waals surface area (Å²) in [5.74, 6) is 2.41. The third-order valence-corrected chi connectivity index (χ3v) is 6.44. The number of ether oxygens (including phenoxy) is 1. The minimum atomic E-state index is 0.0252. The average Bonchev–Trinajstić information content (AvgIpc) is 3.46. The predicted molar refractivity (Wildman–Crippen MR) is 118 cm³/mol. The fraction of sp³-hybridized carbons (Fsp3) is 0.458. The topological polar surface area (TPSA) is 65.2 Å². The third kappa shape index (κ3) is 3.62. The molecule has 0 bridgehead atoms. The van der Waals surface area contributed by atoms with Gasteiger partial charge in [-0.2, -0.15) is 5.10 Å². The van der Waals surface area contributed by atoms with Crippen LogP contribution in [-0.2, 0) is 26.1 Å². The highest BCUT2D eigenvalue weighted by Gasteiger charge is 2.31. The maximum atomic E-state index is 13.2. The van der Waals surface area contributed by atoms with Gasteiger partial charge < -0.3 is 14.2 Å². The third-order valence-electron chi connectivity index (χ3n) is 6.44. The molecule has 7 heteroatoms. The van der Waals surface area contributed by atoms with Crippen LogP contribution in [-0.4, -0.2) is 43.8 Å². The first-order valence-electron chi connectivity index (χ1n) is 11.1. The van der Waals surface area contributed by atoms with Crippen molar-refractivity contribution in [2.45, 2.75) is 52.7 Å². The second kappa shape index (κ2) is 7.87. The zero-order valence-corrected chi connectivity index (χ0v) is 18.5. The molecule has 3 aromatic rings. The molecule has 1 amide bonds. The zero-order chi connectivity index (χ0) is 21.5. The van der Waals surface area contributed by atoms with Crippen molar-refractivity contribution in [3.63, 3.8) is 0 Å². The van der Waals surface area contributed by atoms with E-state index >= 15 is 0 Å². The van der Waals surface area contributed by atoms with Gasteiger partial charge in [0.1, 0.15) is 11.4 Å². The molecule has 2 aromatic heterocycles. The quantitative estimate of drug-likeness (QED) is 0.611. The Labute approximate surface area is 182 Å². The SMILES string of the molecule is CCn1nc(-c2ncc(C)n2CC2CC2)c2c1CCN(C(=O)c1cccc(OC)c1)C2. The van der Waals surface area contributed by atoms with Crippen LogP contribution >= 0.6 is 0 Å². The summed E-state index contributed by atoms with van der Waals surface area (Å²) in [6, 6.07) is 7.37. The molecule has 3 heterocycles. The molecular weight excluding hydrogens is 390 g/mol. The fourth-order valence-electron chi connectivity index (χ4n) is 4.48. The van der Waals surface area contributed by atoms with Gasteiger partial charge in [0, 0.05) is 54.8 Å². The summed E-state index contributed by atoms with van der Waals surface area (Å²) in [6.07, 6.45) is 5.33. The molecule has 2 aliphatic rings. The number of rotatable bonds is 6. The monoisotopic (exact) mass is 419 g/mol. The average molecular weight is 420 g/mol. The van der Waals surface area contributed by atoms with Gasteiger partial charge in [0.25, 0.3) is 5.91 Å². The zero-order valence-electron chi connectivity index (χ0n) is 18.5. The number of carbonyl (C=O) groups excluding carboxylic acids is 1. The molecule has 31 heavy (non-hydrogen) atoms. The van der Waals surface area contributed by atoms with E-state index < -0.39 is 0 Å². The largest absolute Gasteiger partial charge is 0.497 e. The lowest BCUT2D eigenvalue weighted by Gasteiger charge is -2.28. The molecule has 1 aliphatic heterocycles. The number of amides is 1. The molecule has 1 fully saturated rings. The first kappa shape index (κ1) is 19.8. The Balaban J connectivity index is 1.49. The Bertz CT molecular complexity index is 1130. The molecule has 7 nitrogen and oxygen atoms in total. The van der Waals surface area contributed by atoms with Gasteiger partial charge in [0.2, 0.25) is 0 Å². The Morgan fingerprint density at radius 3 is 2.87 bits per heavy atom. The van der Waals surface area contributed by atoms with E-state index in [4.69, 9.17) is 14.8 Å². The Kier molecular flexibility index (Phi) is 5.04. The highest BCUT2D eigenvalue weighted by molar-refractivity contribution is 5.94. The molecule has 1 aliphatic carbocycles. The number of hydrogen-bond donors (Lipinski definition) is 0. The lowest BCUT2D eigenvalue weighted by Crippen LogP contribution is -2.36. The second-order valence-electron chi connectivity index (χ2n) is 8.58. The minimum absolute atomic E-state index is 0.0252. The van der Waals surface area contributed by atoms with Gasteiger partial charge in [-0.1, -0.05) is 6.07 Å². The van der Waals surface area contributed by atoms with E-state index in [-0.39, 0.29) is 5.91 Å². The maximum Gasteiger partial charge on any atom is 0.254 e. The molecule has 0 unspecified atom stereocenters. The smallest absolute Gasteiger partial charge is 0.254 e. The number of aryl methyl sites for hydroxylation is 2. The van der Waals surface area contributed by atoms with E-state index in [9.17, 15) is 4.79 Å². The number of methoxy groups -OCH3 is 1. The van der Waals surface area contributed by atoms with Crippen LogP contribution in [0.4, 0.5) is 0 Å². The first-order chi connectivity index (χ1) is 15.1. The summed E-state index contributed by atoms with van der Waals surface area (Å²) < 4.78 is 9.70. The molecule has 0 atom stereocenters. The molecule has 0 saturated heterocycles. The Morgan fingerprint density at radius 2 is 2.13 bits per heavy atom. The van der Waals surface area contributed by atoms with E-state index in [1.165, 1.54) is 24.2 Å². The summed E-state index contributed by atoms with van der Waals surface area (Å²) in [4.78, 5) is 19.9. The Morgan fingerprint density at radius 1 is 1.29 bits per heavy atom. The van der Waals surface area contributed by atoms with E-state index in [0.29, 0.717) is 24.4 Å². The van der Waals surface area contributed by atoms with Gasteiger partial charge in [-0.05, 0) is 50.8 Å². The molecule has 162 valence electrons. The normalized spacial score (nSPS) is 15.8. The van der Waals surface area contributed by atoms with E-state index in [1.54, 1.807) is 13.2 Å². The van der Waals surface area contributed by atoms with Crippen molar-refractivity contribution < 1.29 is 9.53 Å². The summed E-state index contributed by atoms with van der Waals surface area (Å²) in [5.41, 5.74) is 5.10. The molecule has 0 spiro atoms. The van der Waals surface area contributed by atoms with E-state index in [0.717, 1.165) is 42.5 Å². The number of carbonyl (C=O) groups is 1. The lowest BCUT2D eigenvalue weighted by atomic mass is 10.0. The summed E-state index contributed by atoms with van der Waals surface area (Å²) in [7, 11) is 1.62. The number of benzene rings is 1. The first-order valence-corrected chi connectivity index (χ1v) is 11.1. The molecule has 0 N–H and O–H groups in total. The van der Waals surface area contributed by atoms with Crippen molar-refractivity contribution in [2.24, 2.45) is 5.92 Å². The van der Waals surface area contributed by atoms with Gasteiger partial charge >= 0.3 is 0 Å². The van der Waals surface area contributed by atoms with Gasteiger partial charge in [-0.15, -0.1) is 0 Å². The Hall–Kier alpha value is -3.09. The number of aromatic nitrogens is 4. The molecular formula is C24H29N5O2. The lowest BCUT2D eigenvalue weighted by molar-refractivity contribution is 0.0733. The van der Waals surface area contributed by atoms with Gasteiger partial charge in [0.15, 0.2) is 5.82 Å². The van der Waals surface area contributed by atoms with Crippen molar-refractivity contribution in [3.8, 4) is 17.3 Å². The number of nitrogens with zero attached hydrogens (tertiary/aromatic N) is 5. The van der Waals surface area contributed by atoms with Crippen LogP contribution in [0.25, 0.3) is 11.5 Å². The molecule has 0 radical (unpaired) electrons. The van der Waals surface area contributed by atoms with Crippen molar-refractivity contribution in [3.05, 3.63) is 53.0 Å². The van der Waals surface area contributed by atoms with Crippen LogP contribution < -0.4 is 4.74 Å². The maximum absolute atomic E-state index is 13.2. The summed E-state index contributed by atoms with van der Waals surface area (Å²) >= 11 is 0. The predicted octanol–water partition coefficient (Wildman–Crippen LogP) is 3.69. The molecule has 5 rings (SSSR count). The van der Waals surface area contributed by atoms with Crippen LogP contribution in [0, 0.1) is 12.8 Å². The van der Waals surface area contributed by atoms with Gasteiger partial charge in [-0.3, -0.25) is 9.48 Å². The number of fused-ring (bicyclic) bond motifs is 1. The number of imidazole rings is 1. The highest BCUT2D eigenvalue weighted by atomic mass is 16.5. The molecule has 1 saturated carbocycles.